The van der Waals surface area contributed by atoms with E-state index in [1.165, 1.54) is 0 Å². The largest absolute Gasteiger partial charge is 0.396 e. The van der Waals surface area contributed by atoms with Gasteiger partial charge in [-0.15, -0.1) is 0 Å². The molecule has 1 saturated heterocycles. The van der Waals surface area contributed by atoms with Gasteiger partial charge in [-0.05, 0) is 50.4 Å². The summed E-state index contributed by atoms with van der Waals surface area (Å²) in [6, 6.07) is 0.197. The monoisotopic (exact) mass is 268 g/mol. The predicted octanol–water partition coefficient (Wildman–Crippen LogP) is 1.37. The first-order valence-corrected chi connectivity index (χ1v) is 7.77. The van der Waals surface area contributed by atoms with Crippen LogP contribution in [0, 0.1) is 17.8 Å². The molecule has 1 aliphatic heterocycles. The average Bonchev–Trinajstić information content (AvgIpc) is 2.41. The molecule has 4 atom stereocenters. The predicted molar refractivity (Wildman–Crippen MR) is 75.5 cm³/mol. The van der Waals surface area contributed by atoms with Crippen LogP contribution in [0.1, 0.15) is 45.4 Å². The van der Waals surface area contributed by atoms with E-state index >= 15 is 0 Å². The second-order valence-electron chi connectivity index (χ2n) is 6.46. The summed E-state index contributed by atoms with van der Waals surface area (Å²) in [7, 11) is 0. The van der Waals surface area contributed by atoms with E-state index in [1.54, 1.807) is 0 Å². The number of amides is 1. The lowest BCUT2D eigenvalue weighted by Gasteiger charge is -2.39. The molecule has 4 heteroatoms. The minimum atomic E-state index is 0.122. The summed E-state index contributed by atoms with van der Waals surface area (Å²) in [4.78, 5) is 14.7. The van der Waals surface area contributed by atoms with Crippen LogP contribution >= 0.6 is 0 Å². The molecule has 3 N–H and O–H groups in total. The van der Waals surface area contributed by atoms with Crippen molar-refractivity contribution < 1.29 is 9.90 Å². The zero-order valence-corrected chi connectivity index (χ0v) is 12.1. The van der Waals surface area contributed by atoms with Crippen LogP contribution < -0.4 is 5.73 Å². The molecular weight excluding hydrogens is 240 g/mol. The van der Waals surface area contributed by atoms with Crippen LogP contribution in [0.15, 0.2) is 0 Å². The minimum absolute atomic E-state index is 0.122. The van der Waals surface area contributed by atoms with Crippen LogP contribution in [0.4, 0.5) is 0 Å². The Labute approximate surface area is 116 Å². The fourth-order valence-corrected chi connectivity index (χ4v) is 3.62. The van der Waals surface area contributed by atoms with Gasteiger partial charge in [-0.25, -0.2) is 0 Å². The maximum atomic E-state index is 12.7. The van der Waals surface area contributed by atoms with Gasteiger partial charge in [0.15, 0.2) is 0 Å². The quantitative estimate of drug-likeness (QED) is 0.812. The number of carbonyl (C=O) groups excluding carboxylic acids is 1. The van der Waals surface area contributed by atoms with Crippen molar-refractivity contribution in [1.82, 2.24) is 4.90 Å². The van der Waals surface area contributed by atoms with E-state index in [2.05, 4.69) is 6.92 Å². The van der Waals surface area contributed by atoms with Gasteiger partial charge in [-0.1, -0.05) is 6.92 Å². The lowest BCUT2D eigenvalue weighted by Crippen LogP contribution is -2.47. The normalized spacial score (nSPS) is 36.3. The van der Waals surface area contributed by atoms with E-state index in [-0.39, 0.29) is 18.6 Å². The number of aliphatic hydroxyl groups is 1. The fourth-order valence-electron chi connectivity index (χ4n) is 3.62. The summed E-state index contributed by atoms with van der Waals surface area (Å²) in [5.41, 5.74) is 6.03. The topological polar surface area (TPSA) is 66.6 Å². The molecule has 110 valence electrons. The second-order valence-corrected chi connectivity index (χ2v) is 6.46. The molecule has 0 aromatic rings. The molecule has 1 saturated carbocycles. The van der Waals surface area contributed by atoms with Gasteiger partial charge in [0.25, 0.3) is 0 Å². The Hall–Kier alpha value is -0.610. The molecule has 0 aromatic heterocycles. The van der Waals surface area contributed by atoms with Crippen molar-refractivity contribution in [1.29, 1.82) is 0 Å². The van der Waals surface area contributed by atoms with Crippen molar-refractivity contribution in [3.8, 4) is 0 Å². The molecule has 1 amide bonds. The van der Waals surface area contributed by atoms with Crippen molar-refractivity contribution in [2.45, 2.75) is 51.5 Å². The number of rotatable bonds is 3. The van der Waals surface area contributed by atoms with Crippen molar-refractivity contribution in [2.75, 3.05) is 19.7 Å². The molecule has 4 unspecified atom stereocenters. The number of carbonyl (C=O) groups is 1. The Bertz CT molecular complexity index is 307. The number of nitrogens with two attached hydrogens (primary N) is 1. The number of nitrogens with zero attached hydrogens (tertiary/aromatic N) is 1. The highest BCUT2D eigenvalue weighted by Crippen LogP contribution is 2.32. The lowest BCUT2D eigenvalue weighted by molar-refractivity contribution is -0.140. The smallest absolute Gasteiger partial charge is 0.226 e. The van der Waals surface area contributed by atoms with Crippen LogP contribution in [-0.2, 0) is 4.79 Å². The average molecular weight is 268 g/mol. The molecule has 2 rings (SSSR count). The first-order valence-electron chi connectivity index (χ1n) is 7.77. The van der Waals surface area contributed by atoms with Gasteiger partial charge in [-0.2, -0.15) is 0 Å². The van der Waals surface area contributed by atoms with Gasteiger partial charge < -0.3 is 15.7 Å². The van der Waals surface area contributed by atoms with E-state index in [4.69, 9.17) is 10.8 Å². The lowest BCUT2D eigenvalue weighted by atomic mass is 9.77. The van der Waals surface area contributed by atoms with Gasteiger partial charge in [0, 0.05) is 31.7 Å². The molecule has 0 bridgehead atoms. The van der Waals surface area contributed by atoms with E-state index in [0.29, 0.717) is 17.7 Å². The van der Waals surface area contributed by atoms with Gasteiger partial charge in [0.2, 0.25) is 5.91 Å². The van der Waals surface area contributed by atoms with Gasteiger partial charge in [0.1, 0.15) is 0 Å². The Morgan fingerprint density at radius 2 is 2.16 bits per heavy atom. The Balaban J connectivity index is 1.94. The Kier molecular flexibility index (Phi) is 5.22. The van der Waals surface area contributed by atoms with Crippen LogP contribution in [-0.4, -0.2) is 41.7 Å². The van der Waals surface area contributed by atoms with E-state index in [0.717, 1.165) is 51.6 Å². The molecule has 0 spiro atoms. The molecule has 0 aromatic carbocycles. The van der Waals surface area contributed by atoms with Crippen LogP contribution in [0.25, 0.3) is 0 Å². The van der Waals surface area contributed by atoms with Gasteiger partial charge >= 0.3 is 0 Å². The Morgan fingerprint density at radius 1 is 1.37 bits per heavy atom. The maximum absolute atomic E-state index is 12.7. The summed E-state index contributed by atoms with van der Waals surface area (Å²) in [5.74, 6) is 1.38. The summed E-state index contributed by atoms with van der Waals surface area (Å²) in [6.07, 6.45) is 6.02. The first-order chi connectivity index (χ1) is 9.11. The summed E-state index contributed by atoms with van der Waals surface area (Å²) in [6.45, 7) is 4.14. The van der Waals surface area contributed by atoms with Crippen molar-refractivity contribution in [3.05, 3.63) is 0 Å². The highest BCUT2D eigenvalue weighted by Gasteiger charge is 2.35. The highest BCUT2D eigenvalue weighted by atomic mass is 16.3. The molecule has 0 radical (unpaired) electrons. The number of hydrogen-bond donors (Lipinski definition) is 2. The van der Waals surface area contributed by atoms with Crippen LogP contribution in [0.2, 0.25) is 0 Å². The zero-order valence-electron chi connectivity index (χ0n) is 12.1. The SMILES string of the molecule is CC1CCC(N)CC1C(=O)N1CCCC(CCO)C1. The third kappa shape index (κ3) is 3.69. The number of hydrogen-bond acceptors (Lipinski definition) is 3. The van der Waals surface area contributed by atoms with Crippen LogP contribution in [0.5, 0.6) is 0 Å². The number of aliphatic hydroxyl groups excluding tert-OH is 1. The van der Waals surface area contributed by atoms with Gasteiger partial charge in [0.05, 0.1) is 0 Å². The molecule has 19 heavy (non-hydrogen) atoms. The summed E-state index contributed by atoms with van der Waals surface area (Å²) >= 11 is 0. The fraction of sp³-hybridized carbons (Fsp3) is 0.933. The number of piperidine rings is 1. The first kappa shape index (κ1) is 14.8. The molecular formula is C15H28N2O2. The summed E-state index contributed by atoms with van der Waals surface area (Å²) in [5, 5.41) is 9.05. The van der Waals surface area contributed by atoms with Crippen molar-refractivity contribution in [3.63, 3.8) is 0 Å². The molecule has 4 nitrogen and oxygen atoms in total. The number of likely N-dealkylation sites (tertiary alicyclic amines) is 1. The Morgan fingerprint density at radius 3 is 2.89 bits per heavy atom. The summed E-state index contributed by atoms with van der Waals surface area (Å²) < 4.78 is 0. The van der Waals surface area contributed by atoms with Crippen LogP contribution in [0.3, 0.4) is 0 Å². The molecule has 1 heterocycles. The van der Waals surface area contributed by atoms with Crippen molar-refractivity contribution in [2.24, 2.45) is 23.5 Å². The highest BCUT2D eigenvalue weighted by molar-refractivity contribution is 5.79. The molecule has 1 aliphatic carbocycles. The third-order valence-corrected chi connectivity index (χ3v) is 4.92. The van der Waals surface area contributed by atoms with E-state index in [1.807, 2.05) is 4.90 Å². The van der Waals surface area contributed by atoms with Gasteiger partial charge in [-0.3, -0.25) is 4.79 Å². The molecule has 2 fully saturated rings. The standard InChI is InChI=1S/C15H28N2O2/c1-11-4-5-13(16)9-14(11)15(19)17-7-2-3-12(10-17)6-8-18/h11-14,18H,2-10,16H2,1H3. The second kappa shape index (κ2) is 6.71. The van der Waals surface area contributed by atoms with Crippen molar-refractivity contribution >= 4 is 5.91 Å². The minimum Gasteiger partial charge on any atom is -0.396 e. The maximum Gasteiger partial charge on any atom is 0.226 e. The van der Waals surface area contributed by atoms with E-state index in [9.17, 15) is 4.79 Å². The van der Waals surface area contributed by atoms with E-state index < -0.39 is 0 Å². The molecule has 2 aliphatic rings. The zero-order chi connectivity index (χ0) is 13.8. The third-order valence-electron chi connectivity index (χ3n) is 4.92.